The molecule has 0 radical (unpaired) electrons. The maximum Gasteiger partial charge on any atom is 0.329 e. The van der Waals surface area contributed by atoms with Crippen molar-refractivity contribution in [3.8, 4) is 5.69 Å². The summed E-state index contributed by atoms with van der Waals surface area (Å²) in [6, 6.07) is 12.2. The molecular formula is C22H19Cl3N4O2. The Labute approximate surface area is 194 Å². The average Bonchev–Trinajstić information content (AvgIpc) is 2.96. The molecule has 6 nitrogen and oxygen atoms in total. The number of hydrogen-bond donors (Lipinski definition) is 2. The Kier molecular flexibility index (Phi) is 7.05. The molecule has 2 aromatic carbocycles. The van der Waals surface area contributed by atoms with Gasteiger partial charge in [-0.1, -0.05) is 40.9 Å². The average molecular weight is 478 g/mol. The van der Waals surface area contributed by atoms with E-state index in [1.807, 2.05) is 49.6 Å². The molecule has 0 spiro atoms. The van der Waals surface area contributed by atoms with Gasteiger partial charge in [-0.2, -0.15) is 5.10 Å². The summed E-state index contributed by atoms with van der Waals surface area (Å²) in [6.45, 7) is 5.83. The van der Waals surface area contributed by atoms with Gasteiger partial charge in [0.25, 0.3) is 0 Å². The Morgan fingerprint density at radius 2 is 1.61 bits per heavy atom. The summed E-state index contributed by atoms with van der Waals surface area (Å²) in [5.41, 5.74) is 7.12. The molecule has 31 heavy (non-hydrogen) atoms. The first-order chi connectivity index (χ1) is 14.7. The summed E-state index contributed by atoms with van der Waals surface area (Å²) >= 11 is 18.0. The molecule has 0 bridgehead atoms. The minimum Gasteiger partial charge on any atom is -0.318 e. The predicted molar refractivity (Wildman–Crippen MR) is 126 cm³/mol. The Morgan fingerprint density at radius 1 is 0.935 bits per heavy atom. The predicted octanol–water partition coefficient (Wildman–Crippen LogP) is 5.45. The van der Waals surface area contributed by atoms with E-state index in [1.165, 1.54) is 24.4 Å². The van der Waals surface area contributed by atoms with E-state index in [1.54, 1.807) is 0 Å². The summed E-state index contributed by atoms with van der Waals surface area (Å²) in [5.74, 6) is -1.82. The first kappa shape index (κ1) is 22.9. The largest absolute Gasteiger partial charge is 0.329 e. The molecule has 1 aromatic heterocycles. The van der Waals surface area contributed by atoms with Gasteiger partial charge >= 0.3 is 11.8 Å². The van der Waals surface area contributed by atoms with E-state index in [-0.39, 0.29) is 0 Å². The number of halogens is 3. The zero-order chi connectivity index (χ0) is 22.7. The van der Waals surface area contributed by atoms with Crippen LogP contribution in [0.5, 0.6) is 0 Å². The first-order valence-corrected chi connectivity index (χ1v) is 10.3. The number of aromatic nitrogens is 1. The highest BCUT2D eigenvalue weighted by Gasteiger charge is 2.14. The molecule has 0 aliphatic rings. The monoisotopic (exact) mass is 476 g/mol. The van der Waals surface area contributed by atoms with Gasteiger partial charge in [-0.05, 0) is 62.7 Å². The van der Waals surface area contributed by atoms with E-state index < -0.39 is 11.8 Å². The van der Waals surface area contributed by atoms with Crippen molar-refractivity contribution in [2.24, 2.45) is 5.10 Å². The molecule has 3 rings (SSSR count). The fourth-order valence-electron chi connectivity index (χ4n) is 3.06. The Balaban J connectivity index is 1.70. The molecule has 2 amide bonds. The molecule has 0 unspecified atom stereocenters. The standard InChI is InChI=1S/C22H19Cl3N4O2/c1-12-4-5-19(10-20(12)25)29-13(2)6-15(14(29)3)11-26-28-22(31)21(30)27-18-8-16(23)7-17(24)9-18/h4-11H,1-3H3,(H,27,30)(H,28,31)/b26-11-. The second kappa shape index (κ2) is 9.56. The van der Waals surface area contributed by atoms with Gasteiger partial charge in [0.15, 0.2) is 0 Å². The molecule has 160 valence electrons. The van der Waals surface area contributed by atoms with E-state index in [0.717, 1.165) is 28.2 Å². The van der Waals surface area contributed by atoms with E-state index in [9.17, 15) is 9.59 Å². The number of hydrogen-bond acceptors (Lipinski definition) is 3. The lowest BCUT2D eigenvalue weighted by Gasteiger charge is -2.11. The van der Waals surface area contributed by atoms with Crippen molar-refractivity contribution in [2.45, 2.75) is 20.8 Å². The zero-order valence-electron chi connectivity index (χ0n) is 17.0. The number of carbonyl (C=O) groups excluding carboxylic acids is 2. The maximum absolute atomic E-state index is 12.0. The second-order valence-electron chi connectivity index (χ2n) is 6.91. The third kappa shape index (κ3) is 5.47. The van der Waals surface area contributed by atoms with Gasteiger partial charge in [-0.15, -0.1) is 0 Å². The molecule has 1 heterocycles. The maximum atomic E-state index is 12.0. The fourth-order valence-corrected chi connectivity index (χ4v) is 3.76. The van der Waals surface area contributed by atoms with Crippen molar-refractivity contribution in [3.63, 3.8) is 0 Å². The molecule has 2 N–H and O–H groups in total. The molecule has 0 saturated carbocycles. The van der Waals surface area contributed by atoms with E-state index in [0.29, 0.717) is 20.8 Å². The number of benzene rings is 2. The Hall–Kier alpha value is -2.80. The molecule has 0 aliphatic heterocycles. The molecule has 0 atom stereocenters. The third-order valence-electron chi connectivity index (χ3n) is 4.58. The van der Waals surface area contributed by atoms with Crippen molar-refractivity contribution in [1.82, 2.24) is 9.99 Å². The molecular weight excluding hydrogens is 459 g/mol. The zero-order valence-corrected chi connectivity index (χ0v) is 19.2. The summed E-state index contributed by atoms with van der Waals surface area (Å²) in [7, 11) is 0. The number of hydrazone groups is 1. The molecule has 0 fully saturated rings. The molecule has 0 saturated heterocycles. The van der Waals surface area contributed by atoms with Gasteiger partial charge in [0, 0.05) is 43.4 Å². The van der Waals surface area contributed by atoms with Crippen LogP contribution in [0, 0.1) is 20.8 Å². The lowest BCUT2D eigenvalue weighted by Crippen LogP contribution is -2.32. The lowest BCUT2D eigenvalue weighted by molar-refractivity contribution is -0.136. The van der Waals surface area contributed by atoms with E-state index >= 15 is 0 Å². The van der Waals surface area contributed by atoms with Crippen LogP contribution in [0.4, 0.5) is 5.69 Å². The van der Waals surface area contributed by atoms with Crippen LogP contribution < -0.4 is 10.7 Å². The normalized spacial score (nSPS) is 11.0. The topological polar surface area (TPSA) is 75.5 Å². The van der Waals surface area contributed by atoms with E-state index in [2.05, 4.69) is 15.8 Å². The smallest absolute Gasteiger partial charge is 0.318 e. The summed E-state index contributed by atoms with van der Waals surface area (Å²) in [4.78, 5) is 24.1. The minimum absolute atomic E-state index is 0.307. The SMILES string of the molecule is Cc1ccc(-n2c(C)cc(/C=N\NC(=O)C(=O)Nc3cc(Cl)cc(Cl)c3)c2C)cc1Cl. The Bertz CT molecular complexity index is 1180. The minimum atomic E-state index is -0.925. The highest BCUT2D eigenvalue weighted by molar-refractivity contribution is 6.40. The molecule has 3 aromatic rings. The van der Waals surface area contributed by atoms with Gasteiger partial charge in [-0.25, -0.2) is 5.43 Å². The first-order valence-electron chi connectivity index (χ1n) is 9.21. The number of nitrogens with zero attached hydrogens (tertiary/aromatic N) is 2. The van der Waals surface area contributed by atoms with Gasteiger partial charge < -0.3 is 9.88 Å². The van der Waals surface area contributed by atoms with Crippen LogP contribution in [-0.2, 0) is 9.59 Å². The highest BCUT2D eigenvalue weighted by Crippen LogP contribution is 2.24. The highest BCUT2D eigenvalue weighted by atomic mass is 35.5. The van der Waals surface area contributed by atoms with Crippen LogP contribution in [0.3, 0.4) is 0 Å². The van der Waals surface area contributed by atoms with Crippen molar-refractivity contribution >= 4 is 58.5 Å². The Morgan fingerprint density at radius 3 is 2.26 bits per heavy atom. The van der Waals surface area contributed by atoms with Gasteiger partial charge in [-0.3, -0.25) is 9.59 Å². The number of anilines is 1. The summed E-state index contributed by atoms with van der Waals surface area (Å²) in [5, 5.41) is 7.68. The van der Waals surface area contributed by atoms with Crippen LogP contribution in [-0.4, -0.2) is 22.6 Å². The molecule has 0 aliphatic carbocycles. The van der Waals surface area contributed by atoms with Crippen LogP contribution in [0.2, 0.25) is 15.1 Å². The number of carbonyl (C=O) groups is 2. The van der Waals surface area contributed by atoms with Gasteiger partial charge in [0.2, 0.25) is 0 Å². The quantitative estimate of drug-likeness (QED) is 0.298. The lowest BCUT2D eigenvalue weighted by atomic mass is 10.2. The van der Waals surface area contributed by atoms with Crippen molar-refractivity contribution in [1.29, 1.82) is 0 Å². The van der Waals surface area contributed by atoms with Crippen molar-refractivity contribution in [3.05, 3.63) is 80.0 Å². The van der Waals surface area contributed by atoms with Crippen LogP contribution in [0.1, 0.15) is 22.5 Å². The fraction of sp³-hybridized carbons (Fsp3) is 0.136. The van der Waals surface area contributed by atoms with Crippen LogP contribution in [0.25, 0.3) is 5.69 Å². The second-order valence-corrected chi connectivity index (χ2v) is 8.19. The van der Waals surface area contributed by atoms with Crippen molar-refractivity contribution in [2.75, 3.05) is 5.32 Å². The van der Waals surface area contributed by atoms with Gasteiger partial charge in [0.1, 0.15) is 0 Å². The third-order valence-corrected chi connectivity index (χ3v) is 5.42. The van der Waals surface area contributed by atoms with Crippen molar-refractivity contribution < 1.29 is 9.59 Å². The summed E-state index contributed by atoms with van der Waals surface area (Å²) in [6.07, 6.45) is 1.48. The number of amides is 2. The van der Waals surface area contributed by atoms with Crippen LogP contribution >= 0.6 is 34.8 Å². The number of rotatable bonds is 4. The summed E-state index contributed by atoms with van der Waals surface area (Å²) < 4.78 is 2.03. The number of aryl methyl sites for hydroxylation is 2. The number of nitrogens with one attached hydrogen (secondary N) is 2. The van der Waals surface area contributed by atoms with Crippen LogP contribution in [0.15, 0.2) is 47.6 Å². The van der Waals surface area contributed by atoms with E-state index in [4.69, 9.17) is 34.8 Å². The molecule has 9 heteroatoms. The van der Waals surface area contributed by atoms with Gasteiger partial charge in [0.05, 0.1) is 6.21 Å².